The van der Waals surface area contributed by atoms with Gasteiger partial charge in [-0.25, -0.2) is 0 Å². The van der Waals surface area contributed by atoms with Crippen LogP contribution < -0.4 is 0 Å². The molecule has 30 heavy (non-hydrogen) atoms. The molecule has 4 saturated carbocycles. The van der Waals surface area contributed by atoms with E-state index in [0.717, 1.165) is 51.4 Å². The summed E-state index contributed by atoms with van der Waals surface area (Å²) < 4.78 is 53.8. The first-order valence-electron chi connectivity index (χ1n) is 12.1. The molecule has 0 aromatic rings. The number of ether oxygens (including phenoxy) is 4. The molecule has 168 valence electrons. The fraction of sp³-hybridized carbons (Fsp3) is 0.917. The molecule has 2 bridgehead atoms. The van der Waals surface area contributed by atoms with Crippen LogP contribution in [0.25, 0.3) is 0 Å². The average molecular weight is 425 g/mol. The monoisotopic (exact) mass is 424 g/mol. The lowest BCUT2D eigenvalue weighted by Crippen LogP contribution is -2.62. The van der Waals surface area contributed by atoms with Crippen LogP contribution in [0.2, 0.25) is 0 Å². The number of hydrogen-bond donors (Lipinski definition) is 0. The van der Waals surface area contributed by atoms with Crippen molar-refractivity contribution in [1.29, 1.82) is 0 Å². The van der Waals surface area contributed by atoms with Crippen molar-refractivity contribution in [3.8, 4) is 0 Å². The van der Waals surface area contributed by atoms with E-state index < -0.39 is 11.9 Å². The van der Waals surface area contributed by atoms with Gasteiger partial charge in [-0.1, -0.05) is 19.8 Å². The molecular formula is C24H34F2O4. The maximum absolute atomic E-state index is 14.2. The van der Waals surface area contributed by atoms with Gasteiger partial charge in [0.05, 0.1) is 31.8 Å². The summed E-state index contributed by atoms with van der Waals surface area (Å²) in [6, 6.07) is 0. The molecule has 6 aliphatic rings. The molecule has 6 rings (SSSR count). The van der Waals surface area contributed by atoms with Crippen molar-refractivity contribution in [3.63, 3.8) is 0 Å². The van der Waals surface area contributed by atoms with E-state index >= 15 is 0 Å². The fourth-order valence-electron chi connectivity index (χ4n) is 9.06. The first kappa shape index (κ1) is 20.1. The smallest absolute Gasteiger partial charge is 0.269 e. The van der Waals surface area contributed by atoms with Crippen molar-refractivity contribution in [3.05, 3.63) is 11.7 Å². The highest BCUT2D eigenvalue weighted by atomic mass is 19.3. The highest BCUT2D eigenvalue weighted by Gasteiger charge is 2.73. The Bertz CT molecular complexity index is 725. The minimum Gasteiger partial charge on any atom is -0.349 e. The zero-order valence-corrected chi connectivity index (χ0v) is 18.0. The molecule has 1 unspecified atom stereocenters. The predicted octanol–water partition coefficient (Wildman–Crippen LogP) is 5.28. The molecule has 0 N–H and O–H groups in total. The molecule has 6 fully saturated rings. The first-order valence-corrected chi connectivity index (χ1v) is 12.1. The van der Waals surface area contributed by atoms with Crippen molar-refractivity contribution in [2.75, 3.05) is 26.4 Å². The normalized spacial score (nSPS) is 52.9. The fourth-order valence-corrected chi connectivity index (χ4v) is 9.06. The van der Waals surface area contributed by atoms with Crippen LogP contribution in [-0.4, -0.2) is 38.5 Å². The van der Waals surface area contributed by atoms with Gasteiger partial charge < -0.3 is 18.9 Å². The highest BCUT2D eigenvalue weighted by Crippen LogP contribution is 2.72. The Morgan fingerprint density at radius 2 is 1.60 bits per heavy atom. The van der Waals surface area contributed by atoms with Crippen molar-refractivity contribution in [1.82, 2.24) is 0 Å². The zero-order valence-electron chi connectivity index (χ0n) is 18.0. The minimum absolute atomic E-state index is 0.0172. The second kappa shape index (κ2) is 6.97. The van der Waals surface area contributed by atoms with Crippen molar-refractivity contribution in [2.24, 2.45) is 34.5 Å². The van der Waals surface area contributed by atoms with Gasteiger partial charge in [0.15, 0.2) is 12.1 Å². The predicted molar refractivity (Wildman–Crippen MR) is 106 cm³/mol. The van der Waals surface area contributed by atoms with Gasteiger partial charge in [0.2, 0.25) is 0 Å². The molecule has 6 heteroatoms. The highest BCUT2D eigenvalue weighted by molar-refractivity contribution is 5.24. The van der Waals surface area contributed by atoms with E-state index in [9.17, 15) is 8.78 Å². The van der Waals surface area contributed by atoms with Gasteiger partial charge >= 0.3 is 0 Å². The van der Waals surface area contributed by atoms with Crippen molar-refractivity contribution < 1.29 is 27.7 Å². The largest absolute Gasteiger partial charge is 0.349 e. The zero-order chi connectivity index (χ0) is 20.6. The third-order valence-electron chi connectivity index (χ3n) is 10.1. The summed E-state index contributed by atoms with van der Waals surface area (Å²) in [5.74, 6) is 0.337. The lowest BCUT2D eigenvalue weighted by molar-refractivity contribution is -0.318. The van der Waals surface area contributed by atoms with E-state index in [4.69, 9.17) is 18.9 Å². The Hall–Kier alpha value is -0.560. The summed E-state index contributed by atoms with van der Waals surface area (Å²) in [7, 11) is 0. The number of fused-ring (bicyclic) bond motifs is 4. The maximum Gasteiger partial charge on any atom is 0.269 e. The standard InChI is InChI=1S/C24H34F2O4/c1-22-7-3-2-4-17(22)16(20(25)26)14-15-18(22)5-8-23-19(15)6-9-24(23)29-12-10-27-21(23)28-11-13-30-24/h15,17-19,21H,2-14H2,1H3/t15-,17?,18+,19+,21?,22+,23+,24?/m1/s1. The summed E-state index contributed by atoms with van der Waals surface area (Å²) in [5.41, 5.74) is 0.0600. The number of hydrogen-bond acceptors (Lipinski definition) is 4. The quantitative estimate of drug-likeness (QED) is 0.530. The average Bonchev–Trinajstić information content (AvgIpc) is 2.91. The van der Waals surface area contributed by atoms with Gasteiger partial charge in [0, 0.05) is 6.42 Å². The summed E-state index contributed by atoms with van der Waals surface area (Å²) in [6.45, 7) is 4.34. The molecule has 1 spiro atoms. The number of halogens is 2. The second-order valence-corrected chi connectivity index (χ2v) is 10.8. The van der Waals surface area contributed by atoms with Crippen molar-refractivity contribution in [2.45, 2.75) is 76.8 Å². The van der Waals surface area contributed by atoms with E-state index in [2.05, 4.69) is 6.92 Å². The Kier molecular flexibility index (Phi) is 4.66. The molecule has 2 heterocycles. The van der Waals surface area contributed by atoms with Crippen LogP contribution in [-0.2, 0) is 18.9 Å². The molecule has 2 saturated heterocycles. The van der Waals surface area contributed by atoms with Crippen molar-refractivity contribution >= 4 is 0 Å². The van der Waals surface area contributed by atoms with Gasteiger partial charge in [-0.05, 0) is 73.2 Å². The van der Waals surface area contributed by atoms with Crippen LogP contribution in [0.4, 0.5) is 8.78 Å². The summed E-state index contributed by atoms with van der Waals surface area (Å²) in [4.78, 5) is 0. The van der Waals surface area contributed by atoms with Gasteiger partial charge in [-0.15, -0.1) is 0 Å². The summed E-state index contributed by atoms with van der Waals surface area (Å²) in [6.07, 6.45) is 6.76. The van der Waals surface area contributed by atoms with Crippen LogP contribution in [0, 0.1) is 34.5 Å². The Labute approximate surface area is 177 Å². The lowest BCUT2D eigenvalue weighted by atomic mass is 9.44. The molecule has 6 atom stereocenters. The second-order valence-electron chi connectivity index (χ2n) is 10.8. The summed E-state index contributed by atoms with van der Waals surface area (Å²) >= 11 is 0. The molecular weight excluding hydrogens is 390 g/mol. The van der Waals surface area contributed by atoms with Gasteiger partial charge in [0.1, 0.15) is 0 Å². The van der Waals surface area contributed by atoms with E-state index in [0.29, 0.717) is 44.3 Å². The van der Waals surface area contributed by atoms with E-state index in [1.54, 1.807) is 0 Å². The maximum atomic E-state index is 14.2. The van der Waals surface area contributed by atoms with Gasteiger partial charge in [-0.3, -0.25) is 0 Å². The molecule has 4 aliphatic carbocycles. The van der Waals surface area contributed by atoms with Crippen LogP contribution in [0.5, 0.6) is 0 Å². The minimum atomic E-state index is -1.42. The van der Waals surface area contributed by atoms with E-state index in [1.807, 2.05) is 0 Å². The Morgan fingerprint density at radius 3 is 2.33 bits per heavy atom. The molecule has 2 aliphatic heterocycles. The number of allylic oxidation sites excluding steroid dienone is 1. The lowest BCUT2D eigenvalue weighted by Gasteiger charge is -2.62. The van der Waals surface area contributed by atoms with Crippen LogP contribution >= 0.6 is 0 Å². The van der Waals surface area contributed by atoms with Crippen LogP contribution in [0.3, 0.4) is 0 Å². The molecule has 0 radical (unpaired) electrons. The summed E-state index contributed by atoms with van der Waals surface area (Å²) in [5, 5.41) is 0. The van der Waals surface area contributed by atoms with Gasteiger partial charge in [0.25, 0.3) is 6.08 Å². The third kappa shape index (κ3) is 2.45. The van der Waals surface area contributed by atoms with E-state index in [1.165, 1.54) is 0 Å². The Morgan fingerprint density at radius 1 is 0.867 bits per heavy atom. The van der Waals surface area contributed by atoms with E-state index in [-0.39, 0.29) is 34.9 Å². The molecule has 0 aromatic heterocycles. The third-order valence-corrected chi connectivity index (χ3v) is 10.1. The molecule has 0 aromatic carbocycles. The Balaban J connectivity index is 1.45. The van der Waals surface area contributed by atoms with Crippen LogP contribution in [0.1, 0.15) is 64.7 Å². The topological polar surface area (TPSA) is 36.9 Å². The molecule has 4 nitrogen and oxygen atoms in total. The molecule has 0 amide bonds. The first-order chi connectivity index (χ1) is 14.5. The SMILES string of the molecule is C[C@]12CCCCC1C(=C(F)F)C[C@@H]1[C@@H]2CC[C@]23C4OCCOC2(CC[C@@H]13)OCCO4. The van der Waals surface area contributed by atoms with Crippen LogP contribution in [0.15, 0.2) is 11.7 Å². The van der Waals surface area contributed by atoms with Gasteiger partial charge in [-0.2, -0.15) is 8.78 Å². The number of rotatable bonds is 0.